The zero-order valence-corrected chi connectivity index (χ0v) is 9.77. The molecule has 1 aliphatic heterocycles. The summed E-state index contributed by atoms with van der Waals surface area (Å²) >= 11 is 0. The lowest BCUT2D eigenvalue weighted by molar-refractivity contribution is -0.139. The van der Waals surface area contributed by atoms with E-state index in [0.717, 1.165) is 0 Å². The van der Waals surface area contributed by atoms with Crippen molar-refractivity contribution in [3.63, 3.8) is 0 Å². The van der Waals surface area contributed by atoms with Gasteiger partial charge in [0.25, 0.3) is 0 Å². The predicted molar refractivity (Wildman–Crippen MR) is 58.3 cm³/mol. The Hall–Kier alpha value is -0.600. The van der Waals surface area contributed by atoms with Gasteiger partial charge >= 0.3 is 5.97 Å². The van der Waals surface area contributed by atoms with Gasteiger partial charge in [0.2, 0.25) is 0 Å². The first-order chi connectivity index (χ1) is 6.56. The van der Waals surface area contributed by atoms with Crippen molar-refractivity contribution in [1.29, 1.82) is 0 Å². The Balaban J connectivity index is 2.76. The summed E-state index contributed by atoms with van der Waals surface area (Å²) in [4.78, 5) is 11.5. The first kappa shape index (κ1) is 11.5. The van der Waals surface area contributed by atoms with Gasteiger partial charge in [0.15, 0.2) is 0 Å². The average Bonchev–Trinajstić information content (AvgIpc) is 2.11. The molecule has 0 aliphatic carbocycles. The molecule has 4 nitrogen and oxygen atoms in total. The van der Waals surface area contributed by atoms with E-state index in [1.807, 2.05) is 4.67 Å². The number of hydrogen-bond acceptors (Lipinski definition) is 4. The van der Waals surface area contributed by atoms with Crippen molar-refractivity contribution in [3.8, 4) is 0 Å². The second-order valence-corrected chi connectivity index (χ2v) is 4.11. The zero-order valence-electron chi connectivity index (χ0n) is 8.62. The maximum Gasteiger partial charge on any atom is 0.335 e. The summed E-state index contributed by atoms with van der Waals surface area (Å²) in [7, 11) is 2.61. The molecule has 0 saturated carbocycles. The molecular weight excluding hydrogens is 199 g/mol. The third-order valence-electron chi connectivity index (χ3n) is 2.33. The lowest BCUT2D eigenvalue weighted by Crippen LogP contribution is -2.36. The molecule has 0 fully saturated rings. The molecule has 5 heteroatoms. The lowest BCUT2D eigenvalue weighted by atomic mass is 10.0. The van der Waals surface area contributed by atoms with Crippen LogP contribution in [0.1, 0.15) is 20.3 Å². The molecule has 0 bridgehead atoms. The number of ether oxygens (including phenoxy) is 1. The highest BCUT2D eigenvalue weighted by molar-refractivity contribution is 7.13. The summed E-state index contributed by atoms with van der Waals surface area (Å²) in [5.41, 5.74) is 7.05. The summed E-state index contributed by atoms with van der Waals surface area (Å²) in [5.74, 6) is -0.269. The molecule has 80 valence electrons. The summed E-state index contributed by atoms with van der Waals surface area (Å²) in [6.07, 6.45) is 0.661. The number of nitrogens with two attached hydrogens (primary N) is 1. The van der Waals surface area contributed by atoms with Gasteiger partial charge in [0.1, 0.15) is 0 Å². The minimum absolute atomic E-state index is 0.269. The van der Waals surface area contributed by atoms with Crippen LogP contribution >= 0.6 is 9.39 Å². The standard InChI is InChI=1S/C9H17N2O2P/c1-3-13-9(12)7-4-6(2)11(14)5-8(7)10/h6H,3-5,10,14H2,1-2H3. The Morgan fingerprint density at radius 3 is 3.00 bits per heavy atom. The Bertz CT molecular complexity index is 266. The van der Waals surface area contributed by atoms with Crippen molar-refractivity contribution >= 4 is 15.4 Å². The van der Waals surface area contributed by atoms with E-state index in [1.165, 1.54) is 0 Å². The van der Waals surface area contributed by atoms with Crippen molar-refractivity contribution in [2.75, 3.05) is 13.2 Å². The zero-order chi connectivity index (χ0) is 10.7. The van der Waals surface area contributed by atoms with Crippen LogP contribution in [0.3, 0.4) is 0 Å². The van der Waals surface area contributed by atoms with Gasteiger partial charge in [0, 0.05) is 18.3 Å². The van der Waals surface area contributed by atoms with Crippen LogP contribution in [0.15, 0.2) is 11.3 Å². The van der Waals surface area contributed by atoms with Gasteiger partial charge in [-0.1, -0.05) is 9.39 Å². The molecule has 1 rings (SSSR count). The molecule has 1 aliphatic rings. The molecule has 0 aromatic rings. The highest BCUT2D eigenvalue weighted by Gasteiger charge is 2.25. The van der Waals surface area contributed by atoms with Gasteiger partial charge < -0.3 is 10.5 Å². The molecule has 1 heterocycles. The van der Waals surface area contributed by atoms with Gasteiger partial charge in [-0.15, -0.1) is 0 Å². The van der Waals surface area contributed by atoms with Crippen LogP contribution in [0.4, 0.5) is 0 Å². The SMILES string of the molecule is CCOC(=O)C1=C(N)CN(P)C(C)C1. The molecule has 0 radical (unpaired) electrons. The van der Waals surface area contributed by atoms with Crippen molar-refractivity contribution in [1.82, 2.24) is 4.67 Å². The second kappa shape index (κ2) is 4.76. The smallest absolute Gasteiger partial charge is 0.335 e. The first-order valence-corrected chi connectivity index (χ1v) is 5.23. The van der Waals surface area contributed by atoms with Crippen molar-refractivity contribution < 1.29 is 9.53 Å². The van der Waals surface area contributed by atoms with Crippen molar-refractivity contribution in [3.05, 3.63) is 11.3 Å². The van der Waals surface area contributed by atoms with Crippen LogP contribution in [-0.2, 0) is 9.53 Å². The van der Waals surface area contributed by atoms with Gasteiger partial charge in [-0.2, -0.15) is 0 Å². The molecular formula is C9H17N2O2P. The van der Waals surface area contributed by atoms with Crippen LogP contribution < -0.4 is 5.73 Å². The van der Waals surface area contributed by atoms with E-state index in [-0.39, 0.29) is 5.97 Å². The van der Waals surface area contributed by atoms with Gasteiger partial charge in [-0.3, -0.25) is 4.67 Å². The number of hydrogen-bond donors (Lipinski definition) is 1. The first-order valence-electron chi connectivity index (χ1n) is 4.72. The molecule has 2 atom stereocenters. The fourth-order valence-corrected chi connectivity index (χ4v) is 1.73. The summed E-state index contributed by atoms with van der Waals surface area (Å²) in [5, 5.41) is 0. The number of carbonyl (C=O) groups excluding carboxylic acids is 1. The number of nitrogens with zero attached hydrogens (tertiary/aromatic N) is 1. The van der Waals surface area contributed by atoms with Crippen LogP contribution in [0.5, 0.6) is 0 Å². The van der Waals surface area contributed by atoms with E-state index >= 15 is 0 Å². The normalized spacial score (nSPS) is 23.8. The van der Waals surface area contributed by atoms with Crippen molar-refractivity contribution in [2.45, 2.75) is 26.3 Å². The lowest BCUT2D eigenvalue weighted by Gasteiger charge is -2.30. The third kappa shape index (κ3) is 2.46. The van der Waals surface area contributed by atoms with E-state index in [9.17, 15) is 4.79 Å². The number of rotatable bonds is 2. The third-order valence-corrected chi connectivity index (χ3v) is 3.02. The Labute approximate surface area is 86.7 Å². The molecule has 14 heavy (non-hydrogen) atoms. The molecule has 2 unspecified atom stereocenters. The number of carbonyl (C=O) groups is 1. The Morgan fingerprint density at radius 2 is 2.43 bits per heavy atom. The van der Waals surface area contributed by atoms with Crippen LogP contribution in [0.2, 0.25) is 0 Å². The fourth-order valence-electron chi connectivity index (χ4n) is 1.42. The van der Waals surface area contributed by atoms with Crippen LogP contribution in [0, 0.1) is 0 Å². The molecule has 0 spiro atoms. The quantitative estimate of drug-likeness (QED) is 0.544. The largest absolute Gasteiger partial charge is 0.463 e. The predicted octanol–water partition coefficient (Wildman–Crippen LogP) is 0.647. The molecule has 2 N–H and O–H groups in total. The van der Waals surface area contributed by atoms with E-state index in [2.05, 4.69) is 16.3 Å². The van der Waals surface area contributed by atoms with E-state index < -0.39 is 0 Å². The molecule has 0 aromatic carbocycles. The van der Waals surface area contributed by atoms with Gasteiger partial charge in [0.05, 0.1) is 12.2 Å². The Morgan fingerprint density at radius 1 is 1.79 bits per heavy atom. The summed E-state index contributed by atoms with van der Waals surface area (Å²) < 4.78 is 6.97. The summed E-state index contributed by atoms with van der Waals surface area (Å²) in [6.45, 7) is 4.86. The van der Waals surface area contributed by atoms with E-state index in [4.69, 9.17) is 10.5 Å². The second-order valence-electron chi connectivity index (χ2n) is 3.45. The highest BCUT2D eigenvalue weighted by Crippen LogP contribution is 2.23. The maximum atomic E-state index is 11.5. The fraction of sp³-hybridized carbons (Fsp3) is 0.667. The minimum atomic E-state index is -0.269. The minimum Gasteiger partial charge on any atom is -0.463 e. The topological polar surface area (TPSA) is 55.6 Å². The monoisotopic (exact) mass is 216 g/mol. The highest BCUT2D eigenvalue weighted by atomic mass is 31.0. The molecule has 0 amide bonds. The van der Waals surface area contributed by atoms with Gasteiger partial charge in [-0.25, -0.2) is 4.79 Å². The average molecular weight is 216 g/mol. The Kier molecular flexibility index (Phi) is 3.90. The number of esters is 1. The molecule has 0 aromatic heterocycles. The van der Waals surface area contributed by atoms with Crippen LogP contribution in [-0.4, -0.2) is 29.8 Å². The van der Waals surface area contributed by atoms with Crippen molar-refractivity contribution in [2.24, 2.45) is 5.73 Å². The van der Waals surface area contributed by atoms with Crippen LogP contribution in [0.25, 0.3) is 0 Å². The van der Waals surface area contributed by atoms with E-state index in [1.54, 1.807) is 6.92 Å². The summed E-state index contributed by atoms with van der Waals surface area (Å²) in [6, 6.07) is 0.312. The van der Waals surface area contributed by atoms with E-state index in [0.29, 0.717) is 36.9 Å². The van der Waals surface area contributed by atoms with Gasteiger partial charge in [-0.05, 0) is 20.3 Å². The maximum absolute atomic E-state index is 11.5. The molecule has 0 saturated heterocycles.